The molecule has 1 saturated heterocycles. The monoisotopic (exact) mass is 351 g/mol. The van der Waals surface area contributed by atoms with E-state index in [2.05, 4.69) is 46.9 Å². The van der Waals surface area contributed by atoms with Gasteiger partial charge in [-0.15, -0.1) is 0 Å². The van der Waals surface area contributed by atoms with Crippen molar-refractivity contribution in [1.82, 2.24) is 10.3 Å². The number of pyridine rings is 1. The molecule has 3 rings (SSSR count). The quantitative estimate of drug-likeness (QED) is 0.593. The number of hydrogen-bond donors (Lipinski definition) is 2. The Kier molecular flexibility index (Phi) is 5.63. The standard InChI is InChI=1S/C20H25N5O/c1-13(2)15-4-5-18(26-12-14-9-23-10-14)17-11-24-20(8-16(15)17)25-19(21)6-7-22-3/h4-8,11,13-14,23H,3,9-10,12H2,1-2H3,(H2,21,24,25)/b7-6-. The fourth-order valence-corrected chi connectivity index (χ4v) is 2.89. The molecule has 0 amide bonds. The van der Waals surface area contributed by atoms with Gasteiger partial charge in [-0.25, -0.2) is 9.98 Å². The van der Waals surface area contributed by atoms with Gasteiger partial charge in [0.15, 0.2) is 5.82 Å². The molecule has 2 aromatic rings. The van der Waals surface area contributed by atoms with Gasteiger partial charge in [0.05, 0.1) is 6.61 Å². The second kappa shape index (κ2) is 8.10. The highest BCUT2D eigenvalue weighted by molar-refractivity contribution is 5.95. The number of aliphatic imine (C=N–C) groups is 2. The van der Waals surface area contributed by atoms with E-state index < -0.39 is 0 Å². The van der Waals surface area contributed by atoms with E-state index in [0.717, 1.165) is 36.2 Å². The minimum absolute atomic E-state index is 0.334. The van der Waals surface area contributed by atoms with E-state index >= 15 is 0 Å². The number of hydrogen-bond acceptors (Lipinski definition) is 5. The van der Waals surface area contributed by atoms with Crippen LogP contribution in [0.1, 0.15) is 25.3 Å². The Bertz CT molecular complexity index is 853. The van der Waals surface area contributed by atoms with Gasteiger partial charge in [-0.05, 0) is 41.8 Å². The molecular weight excluding hydrogens is 326 g/mol. The third kappa shape index (κ3) is 4.08. The number of nitrogens with two attached hydrogens (primary N) is 1. The highest BCUT2D eigenvalue weighted by Crippen LogP contribution is 2.34. The number of nitrogens with one attached hydrogen (secondary N) is 1. The molecule has 0 spiro atoms. The van der Waals surface area contributed by atoms with Gasteiger partial charge in [-0.3, -0.25) is 4.99 Å². The molecule has 6 heteroatoms. The second-order valence-corrected chi connectivity index (χ2v) is 6.77. The summed E-state index contributed by atoms with van der Waals surface area (Å²) in [5, 5.41) is 5.36. The molecule has 1 aromatic heterocycles. The van der Waals surface area contributed by atoms with Gasteiger partial charge in [0, 0.05) is 36.8 Å². The van der Waals surface area contributed by atoms with E-state index in [0.29, 0.717) is 23.5 Å². The summed E-state index contributed by atoms with van der Waals surface area (Å²) in [4.78, 5) is 12.4. The summed E-state index contributed by atoms with van der Waals surface area (Å²) in [6.07, 6.45) is 4.91. The molecule has 1 aliphatic rings. The Labute approximate surface area is 153 Å². The lowest BCUT2D eigenvalue weighted by atomic mass is 9.96. The molecule has 0 bridgehead atoms. The molecule has 6 nitrogen and oxygen atoms in total. The molecule has 1 aliphatic heterocycles. The van der Waals surface area contributed by atoms with Crippen molar-refractivity contribution < 1.29 is 4.74 Å². The van der Waals surface area contributed by atoms with Gasteiger partial charge in [0.2, 0.25) is 0 Å². The van der Waals surface area contributed by atoms with Crippen LogP contribution < -0.4 is 15.8 Å². The molecule has 1 aromatic carbocycles. The largest absolute Gasteiger partial charge is 0.492 e. The number of benzene rings is 1. The van der Waals surface area contributed by atoms with E-state index in [-0.39, 0.29) is 0 Å². The number of aromatic nitrogens is 1. The summed E-state index contributed by atoms with van der Waals surface area (Å²) >= 11 is 0. The van der Waals surface area contributed by atoms with Crippen LogP contribution in [-0.4, -0.2) is 37.2 Å². The summed E-state index contributed by atoms with van der Waals surface area (Å²) in [6.45, 7) is 10.5. The van der Waals surface area contributed by atoms with Crippen molar-refractivity contribution in [3.05, 3.63) is 42.2 Å². The molecule has 0 radical (unpaired) electrons. The van der Waals surface area contributed by atoms with Crippen molar-refractivity contribution in [2.45, 2.75) is 19.8 Å². The lowest BCUT2D eigenvalue weighted by Crippen LogP contribution is -2.45. The van der Waals surface area contributed by atoms with Crippen molar-refractivity contribution in [2.75, 3.05) is 19.7 Å². The maximum Gasteiger partial charge on any atom is 0.154 e. The Morgan fingerprint density at radius 3 is 2.88 bits per heavy atom. The van der Waals surface area contributed by atoms with Crippen molar-refractivity contribution in [1.29, 1.82) is 0 Å². The highest BCUT2D eigenvalue weighted by atomic mass is 16.5. The van der Waals surface area contributed by atoms with Crippen LogP contribution in [0.3, 0.4) is 0 Å². The summed E-state index contributed by atoms with van der Waals surface area (Å²) in [5.41, 5.74) is 7.11. The fourth-order valence-electron chi connectivity index (χ4n) is 2.89. The Balaban J connectivity index is 1.97. The zero-order valence-electron chi connectivity index (χ0n) is 15.3. The summed E-state index contributed by atoms with van der Waals surface area (Å²) in [7, 11) is 0. The molecule has 3 N–H and O–H groups in total. The van der Waals surface area contributed by atoms with Crippen LogP contribution >= 0.6 is 0 Å². The summed E-state index contributed by atoms with van der Waals surface area (Å²) in [5.74, 6) is 2.72. The number of ether oxygens (including phenoxy) is 1. The second-order valence-electron chi connectivity index (χ2n) is 6.77. The number of rotatable bonds is 7. The molecule has 0 unspecified atom stereocenters. The summed E-state index contributed by atoms with van der Waals surface area (Å²) in [6, 6.07) is 6.13. The Morgan fingerprint density at radius 2 is 2.23 bits per heavy atom. The molecule has 136 valence electrons. The number of amidine groups is 1. The molecule has 26 heavy (non-hydrogen) atoms. The highest BCUT2D eigenvalue weighted by Gasteiger charge is 2.18. The average Bonchev–Trinajstić information content (AvgIpc) is 2.58. The normalized spacial score (nSPS) is 15.6. The minimum atomic E-state index is 0.334. The smallest absolute Gasteiger partial charge is 0.154 e. The predicted octanol–water partition coefficient (Wildman–Crippen LogP) is 3.16. The van der Waals surface area contributed by atoms with E-state index in [1.807, 2.05) is 18.3 Å². The molecule has 0 atom stereocenters. The van der Waals surface area contributed by atoms with Gasteiger partial charge >= 0.3 is 0 Å². The van der Waals surface area contributed by atoms with E-state index in [1.54, 1.807) is 6.08 Å². The zero-order chi connectivity index (χ0) is 18.5. The van der Waals surface area contributed by atoms with Gasteiger partial charge in [-0.1, -0.05) is 19.9 Å². The van der Waals surface area contributed by atoms with Crippen LogP contribution in [0.5, 0.6) is 5.75 Å². The maximum atomic E-state index is 6.06. The number of nitrogens with zero attached hydrogens (tertiary/aromatic N) is 3. The predicted molar refractivity (Wildman–Crippen MR) is 108 cm³/mol. The summed E-state index contributed by atoms with van der Waals surface area (Å²) < 4.78 is 6.06. The first kappa shape index (κ1) is 18.1. The van der Waals surface area contributed by atoms with E-state index in [4.69, 9.17) is 10.5 Å². The minimum Gasteiger partial charge on any atom is -0.492 e. The van der Waals surface area contributed by atoms with Crippen LogP contribution in [-0.2, 0) is 0 Å². The molecule has 0 aliphatic carbocycles. The number of fused-ring (bicyclic) bond motifs is 1. The first-order valence-corrected chi connectivity index (χ1v) is 8.81. The molecular formula is C20H25N5O. The molecule has 1 fully saturated rings. The van der Waals surface area contributed by atoms with Gasteiger partial charge in [0.25, 0.3) is 0 Å². The van der Waals surface area contributed by atoms with Crippen LogP contribution in [0, 0.1) is 5.92 Å². The fraction of sp³-hybridized carbons (Fsp3) is 0.350. The van der Waals surface area contributed by atoms with Crippen molar-refractivity contribution in [2.24, 2.45) is 21.6 Å². The van der Waals surface area contributed by atoms with E-state index in [1.165, 1.54) is 11.8 Å². The van der Waals surface area contributed by atoms with Gasteiger partial charge in [-0.2, -0.15) is 0 Å². The third-order valence-corrected chi connectivity index (χ3v) is 4.44. The van der Waals surface area contributed by atoms with Crippen LogP contribution in [0.25, 0.3) is 10.8 Å². The lowest BCUT2D eigenvalue weighted by molar-refractivity contribution is 0.201. The SMILES string of the molecule is C=N/C=C\C(N)=N/c1cc2c(C(C)C)ccc(OCC3CNC3)c2cn1. The van der Waals surface area contributed by atoms with Crippen LogP contribution in [0.15, 0.2) is 46.7 Å². The van der Waals surface area contributed by atoms with Gasteiger partial charge in [0.1, 0.15) is 11.6 Å². The first-order chi connectivity index (χ1) is 12.6. The molecule has 2 heterocycles. The first-order valence-electron chi connectivity index (χ1n) is 8.81. The topological polar surface area (TPSA) is 84.9 Å². The van der Waals surface area contributed by atoms with E-state index in [9.17, 15) is 0 Å². The van der Waals surface area contributed by atoms with Crippen molar-refractivity contribution in [3.8, 4) is 5.75 Å². The lowest BCUT2D eigenvalue weighted by Gasteiger charge is -2.27. The van der Waals surface area contributed by atoms with Crippen LogP contribution in [0.4, 0.5) is 5.82 Å². The molecule has 0 saturated carbocycles. The van der Waals surface area contributed by atoms with Crippen molar-refractivity contribution in [3.63, 3.8) is 0 Å². The Morgan fingerprint density at radius 1 is 1.42 bits per heavy atom. The average molecular weight is 351 g/mol. The van der Waals surface area contributed by atoms with Crippen molar-refractivity contribution >= 4 is 29.1 Å². The third-order valence-electron chi connectivity index (χ3n) is 4.44. The van der Waals surface area contributed by atoms with Gasteiger partial charge < -0.3 is 15.8 Å². The Hall–Kier alpha value is -2.73. The maximum absolute atomic E-state index is 6.06. The zero-order valence-corrected chi connectivity index (χ0v) is 15.3. The van der Waals surface area contributed by atoms with Crippen LogP contribution in [0.2, 0.25) is 0 Å².